The summed E-state index contributed by atoms with van der Waals surface area (Å²) in [6.07, 6.45) is 4.76. The van der Waals surface area contributed by atoms with Gasteiger partial charge in [-0.05, 0) is 56.6 Å². The zero-order chi connectivity index (χ0) is 11.8. The highest BCUT2D eigenvalue weighted by Crippen LogP contribution is 2.33. The molecule has 2 nitrogen and oxygen atoms in total. The van der Waals surface area contributed by atoms with Crippen LogP contribution in [-0.4, -0.2) is 30.0 Å². The number of likely N-dealkylation sites (tertiary alicyclic amines) is 1. The van der Waals surface area contributed by atoms with E-state index in [1.54, 1.807) is 0 Å². The average Bonchev–Trinajstić information content (AvgIpc) is 2.73. The summed E-state index contributed by atoms with van der Waals surface area (Å²) in [5.41, 5.74) is 2.74. The molecule has 0 atom stereocenters. The van der Waals surface area contributed by atoms with Gasteiger partial charge in [-0.2, -0.15) is 0 Å². The molecule has 1 N–H and O–H groups in total. The van der Waals surface area contributed by atoms with Crippen molar-refractivity contribution in [1.29, 1.82) is 0 Å². The summed E-state index contributed by atoms with van der Waals surface area (Å²) < 4.78 is 1.14. The van der Waals surface area contributed by atoms with E-state index < -0.39 is 0 Å². The molecular formula is C14H17BrN2. The van der Waals surface area contributed by atoms with Crippen molar-refractivity contribution >= 4 is 26.8 Å². The Morgan fingerprint density at radius 3 is 2.82 bits per heavy atom. The Labute approximate surface area is 110 Å². The van der Waals surface area contributed by atoms with Crippen LogP contribution in [0.5, 0.6) is 0 Å². The molecule has 1 aliphatic rings. The number of H-pyrrole nitrogens is 1. The smallest absolute Gasteiger partial charge is 0.0468 e. The van der Waals surface area contributed by atoms with Gasteiger partial charge in [-0.3, -0.25) is 0 Å². The zero-order valence-corrected chi connectivity index (χ0v) is 11.6. The Kier molecular flexibility index (Phi) is 2.97. The number of halogens is 1. The van der Waals surface area contributed by atoms with Crippen LogP contribution in [0.1, 0.15) is 24.3 Å². The summed E-state index contributed by atoms with van der Waals surface area (Å²) in [4.78, 5) is 5.81. The SMILES string of the molecule is CN1CCC(c2c[nH]c3cc(Br)ccc23)CC1. The Morgan fingerprint density at radius 1 is 1.29 bits per heavy atom. The minimum Gasteiger partial charge on any atom is -0.361 e. The molecule has 0 bridgehead atoms. The molecule has 17 heavy (non-hydrogen) atoms. The Hall–Kier alpha value is -0.800. The second kappa shape index (κ2) is 4.46. The number of nitrogens with zero attached hydrogens (tertiary/aromatic N) is 1. The molecule has 2 heterocycles. The fraction of sp³-hybridized carbons (Fsp3) is 0.429. The molecule has 1 aliphatic heterocycles. The van der Waals surface area contributed by atoms with E-state index in [1.165, 1.54) is 42.4 Å². The molecular weight excluding hydrogens is 276 g/mol. The summed E-state index contributed by atoms with van der Waals surface area (Å²) in [7, 11) is 2.21. The molecule has 0 radical (unpaired) electrons. The van der Waals surface area contributed by atoms with E-state index in [-0.39, 0.29) is 0 Å². The third-order valence-corrected chi connectivity index (χ3v) is 4.33. The predicted molar refractivity (Wildman–Crippen MR) is 75.5 cm³/mol. The van der Waals surface area contributed by atoms with Crippen LogP contribution in [0, 0.1) is 0 Å². The van der Waals surface area contributed by atoms with E-state index in [0.717, 1.165) is 10.4 Å². The van der Waals surface area contributed by atoms with Crippen molar-refractivity contribution in [1.82, 2.24) is 9.88 Å². The first-order chi connectivity index (χ1) is 8.24. The predicted octanol–water partition coefficient (Wildman–Crippen LogP) is 3.74. The third-order valence-electron chi connectivity index (χ3n) is 3.83. The maximum Gasteiger partial charge on any atom is 0.0468 e. The lowest BCUT2D eigenvalue weighted by atomic mass is 9.89. The minimum absolute atomic E-state index is 0.723. The van der Waals surface area contributed by atoms with E-state index in [4.69, 9.17) is 0 Å². The fourth-order valence-corrected chi connectivity index (χ4v) is 3.14. The largest absolute Gasteiger partial charge is 0.361 e. The normalized spacial score (nSPS) is 18.9. The summed E-state index contributed by atoms with van der Waals surface area (Å²) >= 11 is 3.52. The van der Waals surface area contributed by atoms with E-state index in [1.807, 2.05) is 0 Å². The van der Waals surface area contributed by atoms with E-state index >= 15 is 0 Å². The number of hydrogen-bond acceptors (Lipinski definition) is 1. The van der Waals surface area contributed by atoms with Gasteiger partial charge in [0.2, 0.25) is 0 Å². The lowest BCUT2D eigenvalue weighted by Gasteiger charge is -2.28. The van der Waals surface area contributed by atoms with Gasteiger partial charge in [-0.25, -0.2) is 0 Å². The number of nitrogens with one attached hydrogen (secondary N) is 1. The first-order valence-corrected chi connectivity index (χ1v) is 6.98. The number of aromatic nitrogens is 1. The molecule has 0 unspecified atom stereocenters. The van der Waals surface area contributed by atoms with Gasteiger partial charge in [-0.1, -0.05) is 22.0 Å². The Balaban J connectivity index is 1.95. The van der Waals surface area contributed by atoms with Crippen molar-refractivity contribution in [3.8, 4) is 0 Å². The molecule has 1 saturated heterocycles. The summed E-state index contributed by atoms with van der Waals surface area (Å²) in [6.45, 7) is 2.43. The van der Waals surface area contributed by atoms with Crippen molar-refractivity contribution in [3.63, 3.8) is 0 Å². The summed E-state index contributed by atoms with van der Waals surface area (Å²) in [5, 5.41) is 1.39. The van der Waals surface area contributed by atoms with Crippen molar-refractivity contribution in [2.45, 2.75) is 18.8 Å². The quantitative estimate of drug-likeness (QED) is 0.848. The van der Waals surface area contributed by atoms with Crippen LogP contribution in [0.3, 0.4) is 0 Å². The van der Waals surface area contributed by atoms with Gasteiger partial charge < -0.3 is 9.88 Å². The maximum atomic E-state index is 3.52. The number of hydrogen-bond donors (Lipinski definition) is 1. The van der Waals surface area contributed by atoms with Crippen LogP contribution >= 0.6 is 15.9 Å². The van der Waals surface area contributed by atoms with Crippen LogP contribution in [0.4, 0.5) is 0 Å². The molecule has 3 heteroatoms. The Morgan fingerprint density at radius 2 is 2.06 bits per heavy atom. The monoisotopic (exact) mass is 292 g/mol. The highest BCUT2D eigenvalue weighted by Gasteiger charge is 2.20. The lowest BCUT2D eigenvalue weighted by molar-refractivity contribution is 0.256. The number of rotatable bonds is 1. The first-order valence-electron chi connectivity index (χ1n) is 6.19. The molecule has 0 spiro atoms. The molecule has 2 aromatic rings. The molecule has 1 aromatic heterocycles. The molecule has 0 aliphatic carbocycles. The van der Waals surface area contributed by atoms with Gasteiger partial charge in [0.1, 0.15) is 0 Å². The van der Waals surface area contributed by atoms with Gasteiger partial charge in [0.25, 0.3) is 0 Å². The second-order valence-corrected chi connectivity index (χ2v) is 5.93. The van der Waals surface area contributed by atoms with Crippen LogP contribution in [0.25, 0.3) is 10.9 Å². The minimum atomic E-state index is 0.723. The first kappa shape index (κ1) is 11.3. The number of piperidine rings is 1. The van der Waals surface area contributed by atoms with Crippen LogP contribution in [0.2, 0.25) is 0 Å². The van der Waals surface area contributed by atoms with Crippen molar-refractivity contribution < 1.29 is 0 Å². The van der Waals surface area contributed by atoms with E-state index in [2.05, 4.69) is 57.3 Å². The topological polar surface area (TPSA) is 19.0 Å². The number of benzene rings is 1. The van der Waals surface area contributed by atoms with E-state index in [9.17, 15) is 0 Å². The van der Waals surface area contributed by atoms with Crippen molar-refractivity contribution in [3.05, 3.63) is 34.4 Å². The van der Waals surface area contributed by atoms with Crippen molar-refractivity contribution in [2.24, 2.45) is 0 Å². The fourth-order valence-electron chi connectivity index (χ4n) is 2.78. The van der Waals surface area contributed by atoms with Crippen LogP contribution in [0.15, 0.2) is 28.9 Å². The third kappa shape index (κ3) is 2.14. The van der Waals surface area contributed by atoms with Crippen LogP contribution in [-0.2, 0) is 0 Å². The number of aromatic amines is 1. The highest BCUT2D eigenvalue weighted by atomic mass is 79.9. The summed E-state index contributed by atoms with van der Waals surface area (Å²) in [6, 6.07) is 6.52. The molecule has 1 aromatic carbocycles. The van der Waals surface area contributed by atoms with Gasteiger partial charge >= 0.3 is 0 Å². The maximum absolute atomic E-state index is 3.52. The molecule has 0 amide bonds. The number of fused-ring (bicyclic) bond motifs is 1. The molecule has 0 saturated carbocycles. The molecule has 90 valence electrons. The Bertz CT molecular complexity index is 524. The summed E-state index contributed by atoms with van der Waals surface area (Å²) in [5.74, 6) is 0.723. The second-order valence-electron chi connectivity index (χ2n) is 5.01. The van der Waals surface area contributed by atoms with Gasteiger partial charge in [0.15, 0.2) is 0 Å². The van der Waals surface area contributed by atoms with E-state index in [0.29, 0.717) is 0 Å². The lowest BCUT2D eigenvalue weighted by Crippen LogP contribution is -2.29. The van der Waals surface area contributed by atoms with Crippen LogP contribution < -0.4 is 0 Å². The van der Waals surface area contributed by atoms with Gasteiger partial charge in [0.05, 0.1) is 0 Å². The van der Waals surface area contributed by atoms with Gasteiger partial charge in [0, 0.05) is 21.6 Å². The van der Waals surface area contributed by atoms with Gasteiger partial charge in [-0.15, -0.1) is 0 Å². The average molecular weight is 293 g/mol. The molecule has 3 rings (SSSR count). The van der Waals surface area contributed by atoms with Crippen molar-refractivity contribution in [2.75, 3.05) is 20.1 Å². The molecule has 1 fully saturated rings. The standard InChI is InChI=1S/C14H17BrN2/c1-17-6-4-10(5-7-17)13-9-16-14-8-11(15)2-3-12(13)14/h2-3,8-10,16H,4-7H2,1H3. The zero-order valence-electron chi connectivity index (χ0n) is 10.0. The highest BCUT2D eigenvalue weighted by molar-refractivity contribution is 9.10.